The summed E-state index contributed by atoms with van der Waals surface area (Å²) in [7, 11) is -3.87. The third kappa shape index (κ3) is 3.28. The Kier molecular flexibility index (Phi) is 4.58. The molecule has 3 heterocycles. The molecule has 0 saturated heterocycles. The minimum Gasteiger partial charge on any atom is -0.489 e. The fraction of sp³-hybridized carbons (Fsp3) is 0.0909. The number of hydrogen-bond acceptors (Lipinski definition) is 6. The van der Waals surface area contributed by atoms with E-state index >= 15 is 0 Å². The number of pyridine rings is 1. The van der Waals surface area contributed by atoms with Crippen LogP contribution in [0.3, 0.4) is 0 Å². The summed E-state index contributed by atoms with van der Waals surface area (Å²) in [5.41, 5.74) is 1.90. The summed E-state index contributed by atoms with van der Waals surface area (Å²) in [5.74, 6) is 0.878. The van der Waals surface area contributed by atoms with Gasteiger partial charge in [0.2, 0.25) is 0 Å². The van der Waals surface area contributed by atoms with Gasteiger partial charge in [0.15, 0.2) is 5.75 Å². The van der Waals surface area contributed by atoms with Crippen LogP contribution in [0, 0.1) is 11.3 Å². The fourth-order valence-electron chi connectivity index (χ4n) is 3.52. The number of furan rings is 1. The number of aromatic nitrogens is 1. The van der Waals surface area contributed by atoms with Crippen LogP contribution in [0.15, 0.2) is 70.2 Å². The second-order valence-electron chi connectivity index (χ2n) is 6.89. The molecule has 2 aromatic carbocycles. The van der Waals surface area contributed by atoms with Gasteiger partial charge in [-0.1, -0.05) is 11.6 Å². The number of anilines is 1. The lowest BCUT2D eigenvalue weighted by Gasteiger charge is -2.30. The lowest BCUT2D eigenvalue weighted by Crippen LogP contribution is -2.38. The normalized spacial score (nSPS) is 13.5. The molecule has 5 rings (SSSR count). The molecule has 4 aromatic rings. The van der Waals surface area contributed by atoms with E-state index in [9.17, 15) is 8.42 Å². The number of fused-ring (bicyclic) bond motifs is 2. The molecule has 0 spiro atoms. The van der Waals surface area contributed by atoms with Gasteiger partial charge in [-0.05, 0) is 48.5 Å². The van der Waals surface area contributed by atoms with Gasteiger partial charge in [0.25, 0.3) is 10.0 Å². The second-order valence-corrected chi connectivity index (χ2v) is 9.19. The quantitative estimate of drug-likeness (QED) is 0.451. The van der Waals surface area contributed by atoms with Crippen molar-refractivity contribution < 1.29 is 17.6 Å². The maximum Gasteiger partial charge on any atom is 0.264 e. The van der Waals surface area contributed by atoms with Crippen molar-refractivity contribution in [2.24, 2.45) is 0 Å². The number of nitriles is 1. The Hall–Kier alpha value is -3.54. The van der Waals surface area contributed by atoms with Gasteiger partial charge in [0.1, 0.15) is 23.6 Å². The highest BCUT2D eigenvalue weighted by molar-refractivity contribution is 7.92. The summed E-state index contributed by atoms with van der Waals surface area (Å²) < 4.78 is 39.6. The minimum absolute atomic E-state index is 0.0862. The predicted molar refractivity (Wildman–Crippen MR) is 116 cm³/mol. The summed E-state index contributed by atoms with van der Waals surface area (Å²) in [5, 5.41) is 10.4. The fourth-order valence-corrected chi connectivity index (χ4v) is 5.14. The molecule has 0 bridgehead atoms. The topological polar surface area (TPSA) is 96.4 Å². The first-order valence-corrected chi connectivity index (χ1v) is 11.1. The first-order valence-electron chi connectivity index (χ1n) is 9.30. The molecule has 0 amide bonds. The molecule has 0 aliphatic carbocycles. The lowest BCUT2D eigenvalue weighted by atomic mass is 10.1. The van der Waals surface area contributed by atoms with Gasteiger partial charge in [0.05, 0.1) is 34.8 Å². The van der Waals surface area contributed by atoms with Crippen molar-refractivity contribution in [2.75, 3.05) is 17.5 Å². The highest BCUT2D eigenvalue weighted by atomic mass is 35.5. The van der Waals surface area contributed by atoms with E-state index in [0.717, 1.165) is 5.39 Å². The molecule has 0 saturated carbocycles. The maximum absolute atomic E-state index is 13.3. The van der Waals surface area contributed by atoms with Gasteiger partial charge in [-0.25, -0.2) is 8.42 Å². The minimum atomic E-state index is -3.87. The number of halogens is 1. The van der Waals surface area contributed by atoms with Crippen LogP contribution in [-0.4, -0.2) is 26.6 Å². The number of rotatable bonds is 3. The molecule has 1 aliphatic heterocycles. The first-order chi connectivity index (χ1) is 15.0. The van der Waals surface area contributed by atoms with Gasteiger partial charge in [-0.15, -0.1) is 0 Å². The molecule has 7 nitrogen and oxygen atoms in total. The van der Waals surface area contributed by atoms with Crippen molar-refractivity contribution in [1.82, 2.24) is 4.98 Å². The molecule has 31 heavy (non-hydrogen) atoms. The monoisotopic (exact) mass is 451 g/mol. The molecule has 154 valence electrons. The first kappa shape index (κ1) is 19.4. The van der Waals surface area contributed by atoms with Crippen LogP contribution in [0.5, 0.6) is 5.75 Å². The van der Waals surface area contributed by atoms with E-state index in [-0.39, 0.29) is 18.0 Å². The van der Waals surface area contributed by atoms with E-state index in [1.807, 2.05) is 12.1 Å². The third-order valence-electron chi connectivity index (χ3n) is 5.00. The molecule has 1 aliphatic rings. The number of hydrogen-bond donors (Lipinski definition) is 0. The molecule has 0 unspecified atom stereocenters. The van der Waals surface area contributed by atoms with E-state index in [4.69, 9.17) is 26.0 Å². The molecule has 0 N–H and O–H groups in total. The Morgan fingerprint density at radius 1 is 1.10 bits per heavy atom. The molecule has 9 heteroatoms. The van der Waals surface area contributed by atoms with Crippen LogP contribution in [0.1, 0.15) is 5.56 Å². The summed E-state index contributed by atoms with van der Waals surface area (Å²) in [6, 6.07) is 14.9. The Morgan fingerprint density at radius 3 is 2.68 bits per heavy atom. The van der Waals surface area contributed by atoms with Crippen LogP contribution >= 0.6 is 11.6 Å². The van der Waals surface area contributed by atoms with Crippen molar-refractivity contribution in [3.8, 4) is 23.1 Å². The van der Waals surface area contributed by atoms with Crippen LogP contribution in [0.4, 0.5) is 5.69 Å². The smallest absolute Gasteiger partial charge is 0.264 e. The molecular weight excluding hydrogens is 438 g/mol. The highest BCUT2D eigenvalue weighted by Gasteiger charge is 2.32. The molecule has 0 fully saturated rings. The van der Waals surface area contributed by atoms with Crippen molar-refractivity contribution in [2.45, 2.75) is 4.90 Å². The van der Waals surface area contributed by atoms with E-state index in [0.29, 0.717) is 38.9 Å². The van der Waals surface area contributed by atoms with Gasteiger partial charge >= 0.3 is 0 Å². The standard InChI is InChI=1S/C22H14ClN3O4S/c23-16-3-6-20-15(9-16)10-21(30-20)18-12-25-13-19-22(18)29-8-7-26(19)31(27,28)17-4-1-14(11-24)2-5-17/h1-6,9-10,12-13H,7-8H2. The highest BCUT2D eigenvalue weighted by Crippen LogP contribution is 2.43. The van der Waals surface area contributed by atoms with Crippen molar-refractivity contribution in [3.05, 3.63) is 71.5 Å². The number of ether oxygens (including phenoxy) is 1. The molecule has 0 radical (unpaired) electrons. The van der Waals surface area contributed by atoms with Gasteiger partial charge in [-0.2, -0.15) is 5.26 Å². The van der Waals surface area contributed by atoms with Gasteiger partial charge in [-0.3, -0.25) is 9.29 Å². The Bertz CT molecular complexity index is 1460. The molecule has 0 atom stereocenters. The lowest BCUT2D eigenvalue weighted by molar-refractivity contribution is 0.316. The zero-order chi connectivity index (χ0) is 21.6. The van der Waals surface area contributed by atoms with Crippen molar-refractivity contribution in [1.29, 1.82) is 5.26 Å². The Labute approximate surface area is 183 Å². The van der Waals surface area contributed by atoms with Gasteiger partial charge < -0.3 is 9.15 Å². The van der Waals surface area contributed by atoms with E-state index in [2.05, 4.69) is 4.98 Å². The molecular formula is C22H14ClN3O4S. The van der Waals surface area contributed by atoms with Crippen LogP contribution in [0.25, 0.3) is 22.3 Å². The average molecular weight is 452 g/mol. The third-order valence-corrected chi connectivity index (χ3v) is 7.06. The van der Waals surface area contributed by atoms with E-state index in [1.54, 1.807) is 24.4 Å². The van der Waals surface area contributed by atoms with Crippen LogP contribution in [0.2, 0.25) is 5.02 Å². The van der Waals surface area contributed by atoms with Crippen LogP contribution in [-0.2, 0) is 10.0 Å². The summed E-state index contributed by atoms with van der Waals surface area (Å²) in [6.07, 6.45) is 3.04. The van der Waals surface area contributed by atoms with Gasteiger partial charge in [0, 0.05) is 16.6 Å². The zero-order valence-electron chi connectivity index (χ0n) is 15.9. The largest absolute Gasteiger partial charge is 0.489 e. The summed E-state index contributed by atoms with van der Waals surface area (Å²) in [4.78, 5) is 4.32. The Balaban J connectivity index is 1.61. The number of benzene rings is 2. The maximum atomic E-state index is 13.3. The SMILES string of the molecule is N#Cc1ccc(S(=O)(=O)N2CCOc3c(-c4cc5cc(Cl)ccc5o4)cncc32)cc1. The number of sulfonamides is 1. The second kappa shape index (κ2) is 7.30. The van der Waals surface area contributed by atoms with Crippen LogP contribution < -0.4 is 9.04 Å². The van der Waals surface area contributed by atoms with E-state index in [1.165, 1.54) is 34.8 Å². The van der Waals surface area contributed by atoms with E-state index < -0.39 is 10.0 Å². The summed E-state index contributed by atoms with van der Waals surface area (Å²) in [6.45, 7) is 0.307. The predicted octanol–water partition coefficient (Wildman–Crippen LogP) is 4.61. The Morgan fingerprint density at radius 2 is 1.90 bits per heavy atom. The number of nitrogens with zero attached hydrogens (tertiary/aromatic N) is 3. The summed E-state index contributed by atoms with van der Waals surface area (Å²) >= 11 is 6.07. The average Bonchev–Trinajstić information content (AvgIpc) is 3.21. The zero-order valence-corrected chi connectivity index (χ0v) is 17.5. The van der Waals surface area contributed by atoms with Crippen molar-refractivity contribution in [3.63, 3.8) is 0 Å². The van der Waals surface area contributed by atoms with Crippen molar-refractivity contribution >= 4 is 38.3 Å². The molecule has 2 aromatic heterocycles.